The fraction of sp³-hybridized carbons (Fsp3) is 0.417. The standard InChI is InChI=1S/C12H13F3O2S/c1-8-4-2-3-5-9(8)6-18-7-10(11(16)17)12(13,14)15/h2-5,10H,6-7H2,1H3,(H,16,17). The molecule has 0 aliphatic carbocycles. The molecule has 18 heavy (non-hydrogen) atoms. The van der Waals surface area contributed by atoms with Crippen molar-refractivity contribution in [2.75, 3.05) is 5.75 Å². The summed E-state index contributed by atoms with van der Waals surface area (Å²) < 4.78 is 37.1. The third kappa shape index (κ3) is 4.25. The largest absolute Gasteiger partial charge is 0.481 e. The molecule has 1 atom stereocenters. The Labute approximate surface area is 107 Å². The van der Waals surface area contributed by atoms with Crippen molar-refractivity contribution in [3.63, 3.8) is 0 Å². The van der Waals surface area contributed by atoms with E-state index in [1.54, 1.807) is 6.07 Å². The van der Waals surface area contributed by atoms with Gasteiger partial charge >= 0.3 is 12.1 Å². The Morgan fingerprint density at radius 3 is 2.50 bits per heavy atom. The number of rotatable bonds is 5. The van der Waals surface area contributed by atoms with Gasteiger partial charge in [0.05, 0.1) is 0 Å². The average Bonchev–Trinajstić information content (AvgIpc) is 2.24. The average molecular weight is 278 g/mol. The van der Waals surface area contributed by atoms with Crippen molar-refractivity contribution in [1.82, 2.24) is 0 Å². The third-order valence-electron chi connectivity index (χ3n) is 2.50. The topological polar surface area (TPSA) is 37.3 Å². The Morgan fingerprint density at radius 1 is 1.39 bits per heavy atom. The number of aliphatic carboxylic acids is 1. The molecule has 1 aromatic rings. The second-order valence-corrected chi connectivity index (χ2v) is 4.90. The van der Waals surface area contributed by atoms with E-state index in [1.807, 2.05) is 25.1 Å². The smallest absolute Gasteiger partial charge is 0.403 e. The summed E-state index contributed by atoms with van der Waals surface area (Å²) in [6, 6.07) is 7.35. The minimum atomic E-state index is -4.69. The Hall–Kier alpha value is -1.17. The zero-order valence-electron chi connectivity index (χ0n) is 9.70. The molecule has 2 nitrogen and oxygen atoms in total. The fourth-order valence-corrected chi connectivity index (χ4v) is 2.59. The summed E-state index contributed by atoms with van der Waals surface area (Å²) in [5.41, 5.74) is 1.91. The Balaban J connectivity index is 2.55. The molecule has 1 aromatic carbocycles. The molecule has 100 valence electrons. The molecule has 0 fully saturated rings. The minimum absolute atomic E-state index is 0.381. The predicted octanol–water partition coefficient (Wildman–Crippen LogP) is 3.49. The maximum absolute atomic E-state index is 12.4. The molecule has 0 saturated heterocycles. The van der Waals surface area contributed by atoms with Gasteiger partial charge in [0.25, 0.3) is 0 Å². The molecule has 1 rings (SSSR count). The Bertz CT molecular complexity index is 418. The Morgan fingerprint density at radius 2 is 2.00 bits per heavy atom. The quantitative estimate of drug-likeness (QED) is 0.895. The van der Waals surface area contributed by atoms with E-state index in [-0.39, 0.29) is 0 Å². The SMILES string of the molecule is Cc1ccccc1CSCC(C(=O)O)C(F)(F)F. The lowest BCUT2D eigenvalue weighted by atomic mass is 10.1. The van der Waals surface area contributed by atoms with Gasteiger partial charge in [-0.2, -0.15) is 24.9 Å². The van der Waals surface area contributed by atoms with Crippen molar-refractivity contribution in [1.29, 1.82) is 0 Å². The van der Waals surface area contributed by atoms with Crippen molar-refractivity contribution in [3.05, 3.63) is 35.4 Å². The molecule has 0 spiro atoms. The van der Waals surface area contributed by atoms with E-state index in [0.29, 0.717) is 5.75 Å². The van der Waals surface area contributed by atoms with Gasteiger partial charge in [-0.15, -0.1) is 0 Å². The molecular formula is C12H13F3O2S. The van der Waals surface area contributed by atoms with E-state index in [2.05, 4.69) is 0 Å². The first-order valence-corrected chi connectivity index (χ1v) is 6.39. The molecule has 0 amide bonds. The fourth-order valence-electron chi connectivity index (χ4n) is 1.36. The van der Waals surface area contributed by atoms with Gasteiger partial charge in [-0.1, -0.05) is 24.3 Å². The first kappa shape index (κ1) is 14.9. The summed E-state index contributed by atoms with van der Waals surface area (Å²) in [6.07, 6.45) is -4.69. The van der Waals surface area contributed by atoms with Gasteiger partial charge in [-0.25, -0.2) is 0 Å². The predicted molar refractivity (Wildman–Crippen MR) is 64.5 cm³/mol. The van der Waals surface area contributed by atoms with Crippen LogP contribution in [0.5, 0.6) is 0 Å². The highest BCUT2D eigenvalue weighted by Gasteiger charge is 2.44. The molecule has 0 saturated carbocycles. The van der Waals surface area contributed by atoms with E-state index >= 15 is 0 Å². The summed E-state index contributed by atoms with van der Waals surface area (Å²) in [4.78, 5) is 10.5. The Kier molecular flexibility index (Phi) is 5.07. The summed E-state index contributed by atoms with van der Waals surface area (Å²) >= 11 is 0.983. The van der Waals surface area contributed by atoms with E-state index in [0.717, 1.165) is 22.9 Å². The normalized spacial score (nSPS) is 13.3. The highest BCUT2D eigenvalue weighted by Crippen LogP contribution is 2.30. The lowest BCUT2D eigenvalue weighted by Gasteiger charge is -2.15. The van der Waals surface area contributed by atoms with Crippen LogP contribution >= 0.6 is 11.8 Å². The third-order valence-corrected chi connectivity index (χ3v) is 3.58. The molecule has 0 bridgehead atoms. The molecule has 0 aliphatic heterocycles. The van der Waals surface area contributed by atoms with Crippen LogP contribution in [0, 0.1) is 12.8 Å². The second kappa shape index (κ2) is 6.13. The summed E-state index contributed by atoms with van der Waals surface area (Å²) in [5, 5.41) is 8.53. The number of aryl methyl sites for hydroxylation is 1. The minimum Gasteiger partial charge on any atom is -0.481 e. The zero-order chi connectivity index (χ0) is 13.8. The van der Waals surface area contributed by atoms with E-state index in [4.69, 9.17) is 5.11 Å². The number of carbonyl (C=O) groups is 1. The molecule has 1 N–H and O–H groups in total. The number of hydrogen-bond donors (Lipinski definition) is 1. The van der Waals surface area contributed by atoms with Gasteiger partial charge in [-0.05, 0) is 18.1 Å². The van der Waals surface area contributed by atoms with Crippen molar-refractivity contribution >= 4 is 17.7 Å². The van der Waals surface area contributed by atoms with Crippen molar-refractivity contribution in [2.45, 2.75) is 18.9 Å². The number of hydrogen-bond acceptors (Lipinski definition) is 2. The summed E-state index contributed by atoms with van der Waals surface area (Å²) in [5.74, 6) is -4.20. The number of alkyl halides is 3. The van der Waals surface area contributed by atoms with Crippen LogP contribution in [0.2, 0.25) is 0 Å². The number of halogens is 3. The van der Waals surface area contributed by atoms with Crippen LogP contribution in [0.25, 0.3) is 0 Å². The van der Waals surface area contributed by atoms with Gasteiger partial charge < -0.3 is 5.11 Å². The molecular weight excluding hydrogens is 265 g/mol. The second-order valence-electron chi connectivity index (χ2n) is 3.87. The van der Waals surface area contributed by atoms with Crippen molar-refractivity contribution in [3.8, 4) is 0 Å². The molecule has 0 heterocycles. The van der Waals surface area contributed by atoms with Crippen molar-refractivity contribution in [2.24, 2.45) is 5.92 Å². The first-order valence-electron chi connectivity index (χ1n) is 5.24. The van der Waals surface area contributed by atoms with E-state index < -0.39 is 23.8 Å². The molecule has 0 aromatic heterocycles. The lowest BCUT2D eigenvalue weighted by Crippen LogP contribution is -2.32. The van der Waals surface area contributed by atoms with Gasteiger partial charge in [0, 0.05) is 11.5 Å². The lowest BCUT2D eigenvalue weighted by molar-refractivity contribution is -0.188. The van der Waals surface area contributed by atoms with Crippen LogP contribution in [-0.4, -0.2) is 23.0 Å². The maximum atomic E-state index is 12.4. The number of carboxylic acids is 1. The monoisotopic (exact) mass is 278 g/mol. The molecule has 0 aliphatic rings. The van der Waals surface area contributed by atoms with E-state index in [1.165, 1.54) is 0 Å². The zero-order valence-corrected chi connectivity index (χ0v) is 10.5. The maximum Gasteiger partial charge on any atom is 0.403 e. The van der Waals surface area contributed by atoms with Crippen LogP contribution in [0.4, 0.5) is 13.2 Å². The van der Waals surface area contributed by atoms with Crippen molar-refractivity contribution < 1.29 is 23.1 Å². The van der Waals surface area contributed by atoms with Crippen LogP contribution < -0.4 is 0 Å². The van der Waals surface area contributed by atoms with E-state index in [9.17, 15) is 18.0 Å². The van der Waals surface area contributed by atoms with Crippen LogP contribution in [-0.2, 0) is 10.5 Å². The number of thioether (sulfide) groups is 1. The molecule has 1 unspecified atom stereocenters. The number of benzene rings is 1. The highest BCUT2D eigenvalue weighted by atomic mass is 32.2. The number of carboxylic acid groups (broad SMARTS) is 1. The van der Waals surface area contributed by atoms with Gasteiger partial charge in [0.2, 0.25) is 0 Å². The summed E-state index contributed by atoms with van der Waals surface area (Å²) in [6.45, 7) is 1.87. The molecule has 6 heteroatoms. The van der Waals surface area contributed by atoms with Gasteiger partial charge in [-0.3, -0.25) is 4.79 Å². The summed E-state index contributed by atoms with van der Waals surface area (Å²) in [7, 11) is 0. The van der Waals surface area contributed by atoms with Gasteiger partial charge in [0.1, 0.15) is 0 Å². The van der Waals surface area contributed by atoms with Crippen LogP contribution in [0.3, 0.4) is 0 Å². The highest BCUT2D eigenvalue weighted by molar-refractivity contribution is 7.98. The van der Waals surface area contributed by atoms with Crippen LogP contribution in [0.15, 0.2) is 24.3 Å². The molecule has 0 radical (unpaired) electrons. The van der Waals surface area contributed by atoms with Gasteiger partial charge in [0.15, 0.2) is 5.92 Å². The first-order chi connectivity index (χ1) is 8.32. The van der Waals surface area contributed by atoms with Crippen LogP contribution in [0.1, 0.15) is 11.1 Å².